The minimum atomic E-state index is -0.133. The van der Waals surface area contributed by atoms with E-state index in [1.807, 2.05) is 5.01 Å². The van der Waals surface area contributed by atoms with Crippen molar-refractivity contribution in [2.75, 3.05) is 26.3 Å². The SMILES string of the molecule is NC(=S)c1ccc(C(=O)NN2CCOCC2)cc1. The van der Waals surface area contributed by atoms with E-state index in [1.54, 1.807) is 24.3 Å². The van der Waals surface area contributed by atoms with E-state index in [9.17, 15) is 4.79 Å². The van der Waals surface area contributed by atoms with Gasteiger partial charge in [-0.2, -0.15) is 0 Å². The van der Waals surface area contributed by atoms with E-state index < -0.39 is 0 Å². The Balaban J connectivity index is 1.97. The van der Waals surface area contributed by atoms with Gasteiger partial charge in [-0.05, 0) is 12.1 Å². The molecule has 96 valence electrons. The zero-order valence-electron chi connectivity index (χ0n) is 9.89. The first-order chi connectivity index (χ1) is 8.66. The molecule has 5 nitrogen and oxygen atoms in total. The molecule has 3 N–H and O–H groups in total. The molecule has 1 saturated heterocycles. The number of carbonyl (C=O) groups excluding carboxylic acids is 1. The maximum Gasteiger partial charge on any atom is 0.265 e. The number of nitrogens with zero attached hydrogens (tertiary/aromatic N) is 1. The number of morpholine rings is 1. The lowest BCUT2D eigenvalue weighted by Gasteiger charge is -2.26. The molecule has 6 heteroatoms. The largest absolute Gasteiger partial charge is 0.389 e. The fourth-order valence-corrected chi connectivity index (χ4v) is 1.81. The Morgan fingerprint density at radius 2 is 1.78 bits per heavy atom. The Bertz CT molecular complexity index is 441. The molecule has 0 aliphatic carbocycles. The third-order valence-corrected chi connectivity index (χ3v) is 2.94. The molecule has 1 heterocycles. The van der Waals surface area contributed by atoms with Gasteiger partial charge >= 0.3 is 0 Å². The first kappa shape index (κ1) is 12.9. The van der Waals surface area contributed by atoms with Gasteiger partial charge in [-0.1, -0.05) is 24.4 Å². The van der Waals surface area contributed by atoms with Gasteiger partial charge in [0.15, 0.2) is 0 Å². The Morgan fingerprint density at radius 3 is 2.33 bits per heavy atom. The third-order valence-electron chi connectivity index (χ3n) is 2.70. The molecule has 1 aliphatic heterocycles. The Kier molecular flexibility index (Phi) is 4.24. The molecule has 0 bridgehead atoms. The fourth-order valence-electron chi connectivity index (χ4n) is 1.67. The van der Waals surface area contributed by atoms with Crippen LogP contribution in [-0.2, 0) is 4.74 Å². The fraction of sp³-hybridized carbons (Fsp3) is 0.333. The highest BCUT2D eigenvalue weighted by atomic mass is 32.1. The molecular weight excluding hydrogens is 250 g/mol. The molecule has 0 spiro atoms. The van der Waals surface area contributed by atoms with Crippen LogP contribution in [0.5, 0.6) is 0 Å². The molecule has 1 aromatic rings. The summed E-state index contributed by atoms with van der Waals surface area (Å²) in [5.41, 5.74) is 9.67. The number of rotatable bonds is 3. The summed E-state index contributed by atoms with van der Waals surface area (Å²) in [6.45, 7) is 2.69. The van der Waals surface area contributed by atoms with Gasteiger partial charge in [0.05, 0.1) is 13.2 Å². The topological polar surface area (TPSA) is 67.6 Å². The van der Waals surface area contributed by atoms with E-state index in [4.69, 9.17) is 22.7 Å². The zero-order chi connectivity index (χ0) is 13.0. The van der Waals surface area contributed by atoms with Crippen molar-refractivity contribution in [2.45, 2.75) is 0 Å². The van der Waals surface area contributed by atoms with Gasteiger partial charge in [-0.25, -0.2) is 5.01 Å². The number of hydrogen-bond donors (Lipinski definition) is 2. The van der Waals surface area contributed by atoms with E-state index in [2.05, 4.69) is 5.43 Å². The van der Waals surface area contributed by atoms with E-state index in [-0.39, 0.29) is 5.91 Å². The van der Waals surface area contributed by atoms with Crippen molar-refractivity contribution in [3.63, 3.8) is 0 Å². The minimum absolute atomic E-state index is 0.133. The molecule has 0 atom stereocenters. The average Bonchev–Trinajstić information content (AvgIpc) is 2.40. The van der Waals surface area contributed by atoms with Gasteiger partial charge in [0.25, 0.3) is 5.91 Å². The standard InChI is InChI=1S/C12H15N3O2S/c13-11(18)9-1-3-10(4-2-9)12(16)14-15-5-7-17-8-6-15/h1-4H,5-8H2,(H2,13,18)(H,14,16). The Labute approximate surface area is 111 Å². The number of amides is 1. The van der Waals surface area contributed by atoms with Crippen LogP contribution in [0.15, 0.2) is 24.3 Å². The van der Waals surface area contributed by atoms with Crippen molar-refractivity contribution < 1.29 is 9.53 Å². The zero-order valence-corrected chi connectivity index (χ0v) is 10.7. The molecule has 1 aromatic carbocycles. The second kappa shape index (κ2) is 5.90. The van der Waals surface area contributed by atoms with Crippen molar-refractivity contribution in [3.8, 4) is 0 Å². The van der Waals surface area contributed by atoms with Crippen LogP contribution in [0.4, 0.5) is 0 Å². The van der Waals surface area contributed by atoms with E-state index >= 15 is 0 Å². The van der Waals surface area contributed by atoms with Crippen molar-refractivity contribution >= 4 is 23.1 Å². The van der Waals surface area contributed by atoms with Crippen molar-refractivity contribution in [3.05, 3.63) is 35.4 Å². The lowest BCUT2D eigenvalue weighted by atomic mass is 10.1. The van der Waals surface area contributed by atoms with Crippen LogP contribution < -0.4 is 11.2 Å². The maximum absolute atomic E-state index is 11.9. The number of hydrogen-bond acceptors (Lipinski definition) is 4. The van der Waals surface area contributed by atoms with Gasteiger partial charge in [0.2, 0.25) is 0 Å². The number of nitrogens with one attached hydrogen (secondary N) is 1. The second-order valence-electron chi connectivity index (χ2n) is 3.98. The van der Waals surface area contributed by atoms with E-state index in [0.29, 0.717) is 36.9 Å². The summed E-state index contributed by atoms with van der Waals surface area (Å²) >= 11 is 4.86. The number of carbonyl (C=O) groups is 1. The number of nitrogens with two attached hydrogens (primary N) is 1. The van der Waals surface area contributed by atoms with Crippen LogP contribution in [0.25, 0.3) is 0 Å². The predicted molar refractivity (Wildman–Crippen MR) is 72.2 cm³/mol. The van der Waals surface area contributed by atoms with Crippen LogP contribution >= 0.6 is 12.2 Å². The number of ether oxygens (including phenoxy) is 1. The number of benzene rings is 1. The second-order valence-corrected chi connectivity index (χ2v) is 4.42. The summed E-state index contributed by atoms with van der Waals surface area (Å²) < 4.78 is 5.21. The van der Waals surface area contributed by atoms with Gasteiger partial charge < -0.3 is 10.5 Å². The normalized spacial score (nSPS) is 16.2. The summed E-state index contributed by atoms with van der Waals surface area (Å²) in [5, 5.41) is 1.85. The highest BCUT2D eigenvalue weighted by Gasteiger charge is 2.14. The smallest absolute Gasteiger partial charge is 0.265 e. The van der Waals surface area contributed by atoms with E-state index in [1.165, 1.54) is 0 Å². The third kappa shape index (κ3) is 3.25. The van der Waals surface area contributed by atoms with Crippen LogP contribution in [-0.4, -0.2) is 42.2 Å². The summed E-state index contributed by atoms with van der Waals surface area (Å²) in [5.74, 6) is -0.133. The van der Waals surface area contributed by atoms with Crippen LogP contribution in [0, 0.1) is 0 Å². The maximum atomic E-state index is 11.9. The van der Waals surface area contributed by atoms with Gasteiger partial charge in [0, 0.05) is 24.2 Å². The van der Waals surface area contributed by atoms with Crippen LogP contribution in [0.1, 0.15) is 15.9 Å². The van der Waals surface area contributed by atoms with Gasteiger partial charge in [-0.3, -0.25) is 10.2 Å². The summed E-state index contributed by atoms with van der Waals surface area (Å²) in [4.78, 5) is 12.3. The highest BCUT2D eigenvalue weighted by Crippen LogP contribution is 2.05. The van der Waals surface area contributed by atoms with E-state index in [0.717, 1.165) is 5.56 Å². The molecule has 1 amide bonds. The predicted octanol–water partition coefficient (Wildman–Crippen LogP) is 0.298. The van der Waals surface area contributed by atoms with Gasteiger partial charge in [-0.15, -0.1) is 0 Å². The number of hydrazine groups is 1. The molecule has 0 aromatic heterocycles. The first-order valence-corrected chi connectivity index (χ1v) is 6.11. The molecular formula is C12H15N3O2S. The molecule has 1 aliphatic rings. The quantitative estimate of drug-likeness (QED) is 0.769. The van der Waals surface area contributed by atoms with Crippen molar-refractivity contribution in [2.24, 2.45) is 5.73 Å². The lowest BCUT2D eigenvalue weighted by Crippen LogP contribution is -2.48. The minimum Gasteiger partial charge on any atom is -0.389 e. The molecule has 1 fully saturated rings. The molecule has 0 unspecified atom stereocenters. The van der Waals surface area contributed by atoms with Crippen molar-refractivity contribution in [1.82, 2.24) is 10.4 Å². The summed E-state index contributed by atoms with van der Waals surface area (Å²) in [7, 11) is 0. The lowest BCUT2D eigenvalue weighted by molar-refractivity contribution is 0.0126. The average molecular weight is 265 g/mol. The molecule has 0 saturated carbocycles. The van der Waals surface area contributed by atoms with Crippen molar-refractivity contribution in [1.29, 1.82) is 0 Å². The van der Waals surface area contributed by atoms with Crippen LogP contribution in [0.3, 0.4) is 0 Å². The van der Waals surface area contributed by atoms with Gasteiger partial charge in [0.1, 0.15) is 4.99 Å². The summed E-state index contributed by atoms with van der Waals surface area (Å²) in [6, 6.07) is 6.92. The first-order valence-electron chi connectivity index (χ1n) is 5.70. The molecule has 0 radical (unpaired) electrons. The Morgan fingerprint density at radius 1 is 1.22 bits per heavy atom. The highest BCUT2D eigenvalue weighted by molar-refractivity contribution is 7.80. The molecule has 2 rings (SSSR count). The number of thiocarbonyl (C=S) groups is 1. The summed E-state index contributed by atoms with van der Waals surface area (Å²) in [6.07, 6.45) is 0. The Hall–Kier alpha value is -1.50. The van der Waals surface area contributed by atoms with Crippen LogP contribution in [0.2, 0.25) is 0 Å². The molecule has 18 heavy (non-hydrogen) atoms. The monoisotopic (exact) mass is 265 g/mol.